The Kier molecular flexibility index (Phi) is 11.2. The number of nitrogens with one attached hydrogen (secondary N) is 3. The highest BCUT2D eigenvalue weighted by atomic mass is 16.4. The number of carbonyl (C=O) groups is 7. The summed E-state index contributed by atoms with van der Waals surface area (Å²) in [6, 6.07) is -5.64. The van der Waals surface area contributed by atoms with Gasteiger partial charge in [0.1, 0.15) is 18.1 Å². The second-order valence-electron chi connectivity index (χ2n) is 6.64. The lowest BCUT2D eigenvalue weighted by molar-refractivity contribution is -0.143. The molecule has 0 spiro atoms. The Labute approximate surface area is 176 Å². The number of carbonyl (C=O) groups excluding carboxylic acids is 6. The van der Waals surface area contributed by atoms with E-state index in [1.54, 1.807) is 0 Å². The van der Waals surface area contributed by atoms with Crippen LogP contribution >= 0.6 is 0 Å². The maximum absolute atomic E-state index is 12.4. The van der Waals surface area contributed by atoms with E-state index in [0.29, 0.717) is 0 Å². The van der Waals surface area contributed by atoms with Crippen molar-refractivity contribution in [1.82, 2.24) is 16.0 Å². The summed E-state index contributed by atoms with van der Waals surface area (Å²) < 4.78 is 0. The Hall–Kier alpha value is -3.75. The van der Waals surface area contributed by atoms with Crippen molar-refractivity contribution in [3.05, 3.63) is 0 Å². The van der Waals surface area contributed by atoms with Crippen molar-refractivity contribution in [3.63, 3.8) is 0 Å². The number of carboxylic acids is 1. The molecule has 0 bridgehead atoms. The molecule has 0 saturated heterocycles. The van der Waals surface area contributed by atoms with E-state index in [9.17, 15) is 33.6 Å². The molecule has 0 saturated carbocycles. The molecular formula is C16H27N7O8. The standard InChI is InChI=1S/C16H27N7O8/c1-6(13(27)23-9(16(30)31)5-12(20)26)21-15(29)8(4-11(19)25)22-14(28)7(17)2-3-10(18)24/h6-9H,2-5,17H2,1H3,(H2,18,24)(H2,19,25)(H2,20,26)(H,21,29)(H,22,28)(H,23,27)(H,30,31). The molecule has 174 valence electrons. The molecule has 15 nitrogen and oxygen atoms in total. The number of amides is 6. The van der Waals surface area contributed by atoms with Crippen LogP contribution in [0, 0.1) is 0 Å². The highest BCUT2D eigenvalue weighted by molar-refractivity contribution is 5.96. The monoisotopic (exact) mass is 445 g/mol. The lowest BCUT2D eigenvalue weighted by Gasteiger charge is -2.22. The normalized spacial score (nSPS) is 14.3. The van der Waals surface area contributed by atoms with Gasteiger partial charge < -0.3 is 44.0 Å². The van der Waals surface area contributed by atoms with Crippen molar-refractivity contribution in [1.29, 1.82) is 0 Å². The SMILES string of the molecule is CC(NC(=O)C(CC(N)=O)NC(=O)C(N)CCC(N)=O)C(=O)NC(CC(N)=O)C(=O)O. The lowest BCUT2D eigenvalue weighted by atomic mass is 10.1. The Morgan fingerprint density at radius 1 is 0.742 bits per heavy atom. The summed E-state index contributed by atoms with van der Waals surface area (Å²) in [5.41, 5.74) is 20.5. The fourth-order valence-corrected chi connectivity index (χ4v) is 2.20. The highest BCUT2D eigenvalue weighted by Gasteiger charge is 2.29. The molecule has 0 radical (unpaired) electrons. The minimum absolute atomic E-state index is 0.110. The Balaban J connectivity index is 5.09. The first kappa shape index (κ1) is 27.2. The van der Waals surface area contributed by atoms with Crippen LogP contribution in [0.1, 0.15) is 32.6 Å². The van der Waals surface area contributed by atoms with Gasteiger partial charge in [0.2, 0.25) is 35.4 Å². The fraction of sp³-hybridized carbons (Fsp3) is 0.562. The number of rotatable bonds is 14. The van der Waals surface area contributed by atoms with E-state index in [4.69, 9.17) is 28.0 Å². The maximum atomic E-state index is 12.4. The maximum Gasteiger partial charge on any atom is 0.326 e. The molecule has 0 aromatic carbocycles. The fourth-order valence-electron chi connectivity index (χ4n) is 2.20. The van der Waals surface area contributed by atoms with E-state index in [0.717, 1.165) is 0 Å². The van der Waals surface area contributed by atoms with Gasteiger partial charge in [0, 0.05) is 6.42 Å². The van der Waals surface area contributed by atoms with Crippen LogP contribution in [0.25, 0.3) is 0 Å². The number of hydrogen-bond donors (Lipinski definition) is 8. The van der Waals surface area contributed by atoms with E-state index < -0.39 is 78.4 Å². The molecule has 15 heteroatoms. The van der Waals surface area contributed by atoms with Crippen molar-refractivity contribution < 1.29 is 38.7 Å². The average Bonchev–Trinajstić information content (AvgIpc) is 2.63. The Bertz CT molecular complexity index is 741. The van der Waals surface area contributed by atoms with Gasteiger partial charge in [-0.2, -0.15) is 0 Å². The molecule has 0 heterocycles. The third kappa shape index (κ3) is 11.1. The van der Waals surface area contributed by atoms with Crippen molar-refractivity contribution in [2.75, 3.05) is 0 Å². The second-order valence-corrected chi connectivity index (χ2v) is 6.64. The van der Waals surface area contributed by atoms with Crippen LogP contribution in [-0.4, -0.2) is 70.7 Å². The third-order valence-corrected chi connectivity index (χ3v) is 3.85. The molecular weight excluding hydrogens is 418 g/mol. The number of carboxylic acid groups (broad SMARTS) is 1. The van der Waals surface area contributed by atoms with Gasteiger partial charge in [-0.15, -0.1) is 0 Å². The van der Waals surface area contributed by atoms with Gasteiger partial charge in [-0.25, -0.2) is 4.79 Å². The zero-order valence-corrected chi connectivity index (χ0v) is 16.8. The Morgan fingerprint density at radius 2 is 1.23 bits per heavy atom. The van der Waals surface area contributed by atoms with Crippen molar-refractivity contribution >= 4 is 41.4 Å². The molecule has 0 aliphatic heterocycles. The molecule has 6 amide bonds. The molecule has 0 aliphatic carbocycles. The Morgan fingerprint density at radius 3 is 1.68 bits per heavy atom. The number of nitrogens with two attached hydrogens (primary N) is 4. The van der Waals surface area contributed by atoms with Crippen LogP contribution in [0.3, 0.4) is 0 Å². The molecule has 4 atom stereocenters. The van der Waals surface area contributed by atoms with Crippen LogP contribution in [0.5, 0.6) is 0 Å². The van der Waals surface area contributed by atoms with E-state index in [1.165, 1.54) is 6.92 Å². The van der Waals surface area contributed by atoms with Gasteiger partial charge in [-0.3, -0.25) is 28.8 Å². The minimum atomic E-state index is -1.62. The summed E-state index contributed by atoms with van der Waals surface area (Å²) in [5.74, 6) is -6.95. The first-order chi connectivity index (χ1) is 14.2. The molecule has 0 aromatic heterocycles. The van der Waals surface area contributed by atoms with Gasteiger partial charge in [0.15, 0.2) is 0 Å². The largest absolute Gasteiger partial charge is 0.480 e. The van der Waals surface area contributed by atoms with Gasteiger partial charge in [0.05, 0.1) is 18.9 Å². The lowest BCUT2D eigenvalue weighted by Crippen LogP contribution is -2.57. The van der Waals surface area contributed by atoms with Gasteiger partial charge in [-0.1, -0.05) is 0 Å². The number of primary amides is 3. The van der Waals surface area contributed by atoms with Crippen molar-refractivity contribution in [2.24, 2.45) is 22.9 Å². The highest BCUT2D eigenvalue weighted by Crippen LogP contribution is 2.00. The predicted octanol–water partition coefficient (Wildman–Crippen LogP) is -5.11. The molecule has 12 N–H and O–H groups in total. The minimum Gasteiger partial charge on any atom is -0.480 e. The van der Waals surface area contributed by atoms with E-state index in [1.807, 2.05) is 5.32 Å². The summed E-state index contributed by atoms with van der Waals surface area (Å²) >= 11 is 0. The molecule has 0 fully saturated rings. The zero-order valence-electron chi connectivity index (χ0n) is 16.8. The molecule has 4 unspecified atom stereocenters. The van der Waals surface area contributed by atoms with Crippen LogP contribution in [0.15, 0.2) is 0 Å². The van der Waals surface area contributed by atoms with Crippen LogP contribution in [0.2, 0.25) is 0 Å². The average molecular weight is 445 g/mol. The smallest absolute Gasteiger partial charge is 0.326 e. The van der Waals surface area contributed by atoms with Gasteiger partial charge in [0.25, 0.3) is 0 Å². The molecule has 0 rings (SSSR count). The first-order valence-corrected chi connectivity index (χ1v) is 8.99. The summed E-state index contributed by atoms with van der Waals surface area (Å²) in [6.45, 7) is 1.19. The van der Waals surface area contributed by atoms with Crippen LogP contribution in [-0.2, 0) is 33.6 Å². The third-order valence-electron chi connectivity index (χ3n) is 3.85. The molecule has 0 aromatic rings. The number of aliphatic carboxylic acids is 1. The first-order valence-electron chi connectivity index (χ1n) is 8.99. The van der Waals surface area contributed by atoms with Crippen LogP contribution in [0.4, 0.5) is 0 Å². The second kappa shape index (κ2) is 12.7. The summed E-state index contributed by atoms with van der Waals surface area (Å²) in [7, 11) is 0. The topological polar surface area (TPSA) is 280 Å². The van der Waals surface area contributed by atoms with Gasteiger partial charge in [-0.05, 0) is 13.3 Å². The van der Waals surface area contributed by atoms with E-state index in [-0.39, 0.29) is 12.8 Å². The van der Waals surface area contributed by atoms with E-state index in [2.05, 4.69) is 10.6 Å². The quantitative estimate of drug-likeness (QED) is 0.127. The zero-order chi connectivity index (χ0) is 24.3. The number of hydrogen-bond acceptors (Lipinski definition) is 8. The summed E-state index contributed by atoms with van der Waals surface area (Å²) in [6.07, 6.45) is -1.60. The predicted molar refractivity (Wildman–Crippen MR) is 103 cm³/mol. The van der Waals surface area contributed by atoms with E-state index >= 15 is 0 Å². The molecule has 0 aliphatic rings. The van der Waals surface area contributed by atoms with Crippen molar-refractivity contribution in [2.45, 2.75) is 56.8 Å². The summed E-state index contributed by atoms with van der Waals surface area (Å²) in [4.78, 5) is 80.6. The molecule has 31 heavy (non-hydrogen) atoms. The van der Waals surface area contributed by atoms with Crippen LogP contribution < -0.4 is 38.9 Å². The summed E-state index contributed by atoms with van der Waals surface area (Å²) in [5, 5.41) is 15.4. The van der Waals surface area contributed by atoms with Crippen molar-refractivity contribution in [3.8, 4) is 0 Å². The van der Waals surface area contributed by atoms with Gasteiger partial charge >= 0.3 is 5.97 Å².